The lowest BCUT2D eigenvalue weighted by molar-refractivity contribution is -0.206. The fourth-order valence-electron chi connectivity index (χ4n) is 4.32. The van der Waals surface area contributed by atoms with Gasteiger partial charge in [0.15, 0.2) is 17.9 Å². The minimum absolute atomic E-state index is 0.302. The molecule has 1 aromatic heterocycles. The molecule has 0 unspecified atom stereocenters. The maximum Gasteiger partial charge on any atom is 0.185 e. The number of pyridine rings is 1. The molecule has 0 saturated carbocycles. The highest BCUT2D eigenvalue weighted by Crippen LogP contribution is 2.29. The van der Waals surface area contributed by atoms with Crippen molar-refractivity contribution in [2.24, 2.45) is 5.92 Å². The van der Waals surface area contributed by atoms with Crippen LogP contribution in [0.15, 0.2) is 36.5 Å². The van der Waals surface area contributed by atoms with Crippen LogP contribution in [0, 0.1) is 11.7 Å². The van der Waals surface area contributed by atoms with Crippen molar-refractivity contribution in [2.45, 2.75) is 90.8 Å². The van der Waals surface area contributed by atoms with Gasteiger partial charge < -0.3 is 14.2 Å². The second kappa shape index (κ2) is 15.1. The molecule has 2 aromatic rings. The standard InChI is InChI=1S/C29H42FNO3/c1-3-5-7-9-10-11-13-23-21-33-29(34-22-23)25-14-16-27(31-20-25)24-15-17-28(26(30)19-24)32-18-12-8-6-4-2/h14-17,19-20,23,29H,3-13,18,21-22H2,1-2H3. The number of ether oxygens (including phenoxy) is 3. The molecule has 0 N–H and O–H groups in total. The molecule has 0 atom stereocenters. The van der Waals surface area contributed by atoms with Crippen molar-refractivity contribution in [2.75, 3.05) is 19.8 Å². The number of hydrogen-bond acceptors (Lipinski definition) is 4. The molecule has 0 radical (unpaired) electrons. The molecule has 188 valence electrons. The van der Waals surface area contributed by atoms with Gasteiger partial charge in [0.2, 0.25) is 0 Å². The van der Waals surface area contributed by atoms with Crippen LogP contribution in [0.25, 0.3) is 11.3 Å². The van der Waals surface area contributed by atoms with Crippen molar-refractivity contribution < 1.29 is 18.6 Å². The van der Waals surface area contributed by atoms with Gasteiger partial charge in [-0.1, -0.05) is 77.7 Å². The molecule has 34 heavy (non-hydrogen) atoms. The Kier molecular flexibility index (Phi) is 11.8. The lowest BCUT2D eigenvalue weighted by Gasteiger charge is -2.29. The van der Waals surface area contributed by atoms with Crippen molar-refractivity contribution in [3.05, 3.63) is 47.9 Å². The molecule has 0 spiro atoms. The Hall–Kier alpha value is -1.98. The van der Waals surface area contributed by atoms with E-state index in [0.29, 0.717) is 24.0 Å². The number of hydrogen-bond donors (Lipinski definition) is 0. The molecule has 0 aliphatic carbocycles. The van der Waals surface area contributed by atoms with Crippen molar-refractivity contribution >= 4 is 0 Å². The fraction of sp³-hybridized carbons (Fsp3) is 0.621. The molecular weight excluding hydrogens is 429 g/mol. The van der Waals surface area contributed by atoms with Crippen LogP contribution in [0.5, 0.6) is 5.75 Å². The molecule has 1 aromatic carbocycles. The van der Waals surface area contributed by atoms with E-state index in [4.69, 9.17) is 14.2 Å². The molecule has 1 fully saturated rings. The summed E-state index contributed by atoms with van der Waals surface area (Å²) < 4.78 is 32.0. The van der Waals surface area contributed by atoms with E-state index in [-0.39, 0.29) is 12.1 Å². The fourth-order valence-corrected chi connectivity index (χ4v) is 4.32. The average molecular weight is 472 g/mol. The highest BCUT2D eigenvalue weighted by molar-refractivity contribution is 5.60. The molecule has 3 rings (SSSR count). The predicted molar refractivity (Wildman–Crippen MR) is 135 cm³/mol. The van der Waals surface area contributed by atoms with Gasteiger partial charge in [0.05, 0.1) is 25.5 Å². The summed E-state index contributed by atoms with van der Waals surface area (Å²) >= 11 is 0. The van der Waals surface area contributed by atoms with Crippen LogP contribution in [0.4, 0.5) is 4.39 Å². The third-order valence-electron chi connectivity index (χ3n) is 6.47. The maximum absolute atomic E-state index is 14.5. The van der Waals surface area contributed by atoms with Crippen LogP contribution in [0.3, 0.4) is 0 Å². The van der Waals surface area contributed by atoms with E-state index in [9.17, 15) is 4.39 Å². The van der Waals surface area contributed by atoms with Crippen molar-refractivity contribution in [1.29, 1.82) is 0 Å². The molecule has 1 aliphatic heterocycles. The molecular formula is C29H42FNO3. The smallest absolute Gasteiger partial charge is 0.185 e. The zero-order chi connectivity index (χ0) is 24.0. The molecule has 1 aliphatic rings. The summed E-state index contributed by atoms with van der Waals surface area (Å²) in [6.45, 7) is 6.42. The monoisotopic (exact) mass is 471 g/mol. The Morgan fingerprint density at radius 2 is 1.59 bits per heavy atom. The Morgan fingerprint density at radius 1 is 0.882 bits per heavy atom. The number of unbranched alkanes of at least 4 members (excludes halogenated alkanes) is 8. The largest absolute Gasteiger partial charge is 0.491 e. The summed E-state index contributed by atoms with van der Waals surface area (Å²) in [5.41, 5.74) is 2.34. The van der Waals surface area contributed by atoms with Gasteiger partial charge >= 0.3 is 0 Å². The van der Waals surface area contributed by atoms with Crippen molar-refractivity contribution in [3.63, 3.8) is 0 Å². The highest BCUT2D eigenvalue weighted by Gasteiger charge is 2.23. The van der Waals surface area contributed by atoms with E-state index in [0.717, 1.165) is 37.2 Å². The number of aromatic nitrogens is 1. The molecule has 0 bridgehead atoms. The summed E-state index contributed by atoms with van der Waals surface area (Å²) in [4.78, 5) is 4.53. The molecule has 2 heterocycles. The van der Waals surface area contributed by atoms with Gasteiger partial charge in [-0.25, -0.2) is 4.39 Å². The third kappa shape index (κ3) is 8.66. The second-order valence-electron chi connectivity index (χ2n) is 9.45. The van der Waals surface area contributed by atoms with Crippen LogP contribution >= 0.6 is 0 Å². The van der Waals surface area contributed by atoms with E-state index in [1.807, 2.05) is 18.2 Å². The van der Waals surface area contributed by atoms with E-state index in [1.54, 1.807) is 12.3 Å². The van der Waals surface area contributed by atoms with Crippen LogP contribution in [-0.2, 0) is 9.47 Å². The van der Waals surface area contributed by atoms with E-state index in [2.05, 4.69) is 18.8 Å². The lowest BCUT2D eigenvalue weighted by Crippen LogP contribution is -2.27. The predicted octanol–water partition coefficient (Wildman–Crippen LogP) is 8.26. The summed E-state index contributed by atoms with van der Waals surface area (Å²) in [6.07, 6.45) is 14.9. The Balaban J connectivity index is 1.43. The Morgan fingerprint density at radius 3 is 2.26 bits per heavy atom. The third-order valence-corrected chi connectivity index (χ3v) is 6.47. The zero-order valence-corrected chi connectivity index (χ0v) is 21.1. The van der Waals surface area contributed by atoms with Gasteiger partial charge in [-0.3, -0.25) is 4.98 Å². The van der Waals surface area contributed by atoms with E-state index < -0.39 is 0 Å². The van der Waals surface area contributed by atoms with E-state index in [1.165, 1.54) is 63.9 Å². The first-order valence-corrected chi connectivity index (χ1v) is 13.3. The first-order chi connectivity index (χ1) is 16.7. The van der Waals surface area contributed by atoms with E-state index >= 15 is 0 Å². The highest BCUT2D eigenvalue weighted by atomic mass is 19.1. The van der Waals surface area contributed by atoms with Gasteiger partial charge in [0.25, 0.3) is 0 Å². The number of benzene rings is 1. The quantitative estimate of drug-likeness (QED) is 0.245. The van der Waals surface area contributed by atoms with Crippen molar-refractivity contribution in [1.82, 2.24) is 4.98 Å². The van der Waals surface area contributed by atoms with Crippen LogP contribution < -0.4 is 4.74 Å². The number of nitrogens with zero attached hydrogens (tertiary/aromatic N) is 1. The normalized spacial score (nSPS) is 18.2. The van der Waals surface area contributed by atoms with Crippen molar-refractivity contribution in [3.8, 4) is 17.0 Å². The van der Waals surface area contributed by atoms with Gasteiger partial charge in [0, 0.05) is 23.2 Å². The second-order valence-corrected chi connectivity index (χ2v) is 9.45. The topological polar surface area (TPSA) is 40.6 Å². The van der Waals surface area contributed by atoms with Gasteiger partial charge in [-0.2, -0.15) is 0 Å². The zero-order valence-electron chi connectivity index (χ0n) is 21.1. The lowest BCUT2D eigenvalue weighted by atomic mass is 10.0. The number of halogens is 1. The Bertz CT molecular complexity index is 819. The van der Waals surface area contributed by atoms with Gasteiger partial charge in [-0.15, -0.1) is 0 Å². The SMILES string of the molecule is CCCCCCCCC1COC(c2ccc(-c3ccc(OCCCCCC)c(F)c3)nc2)OC1. The maximum atomic E-state index is 14.5. The molecule has 0 amide bonds. The summed E-state index contributed by atoms with van der Waals surface area (Å²) in [5.74, 6) is 0.426. The molecule has 1 saturated heterocycles. The van der Waals surface area contributed by atoms with Crippen LogP contribution in [0.2, 0.25) is 0 Å². The van der Waals surface area contributed by atoms with Gasteiger partial charge in [-0.05, 0) is 37.1 Å². The minimum atomic E-state index is -0.373. The molecule has 5 heteroatoms. The molecule has 4 nitrogen and oxygen atoms in total. The summed E-state index contributed by atoms with van der Waals surface area (Å²) in [5, 5.41) is 0. The van der Waals surface area contributed by atoms with Crippen LogP contribution in [0.1, 0.15) is 96.3 Å². The van der Waals surface area contributed by atoms with Crippen LogP contribution in [-0.4, -0.2) is 24.8 Å². The first-order valence-electron chi connectivity index (χ1n) is 13.3. The minimum Gasteiger partial charge on any atom is -0.491 e. The Labute approximate surface area is 205 Å². The average Bonchev–Trinajstić information content (AvgIpc) is 2.87. The summed E-state index contributed by atoms with van der Waals surface area (Å²) in [7, 11) is 0. The summed E-state index contributed by atoms with van der Waals surface area (Å²) in [6, 6.07) is 8.88. The van der Waals surface area contributed by atoms with Gasteiger partial charge in [0.1, 0.15) is 0 Å². The first kappa shape index (κ1) is 26.6. The number of rotatable bonds is 15.